The molecule has 1 aliphatic rings. The number of methoxy groups -OCH3 is 1. The predicted octanol–water partition coefficient (Wildman–Crippen LogP) is 6.00. The Morgan fingerprint density at radius 3 is 2.57 bits per heavy atom. The van der Waals surface area contributed by atoms with Gasteiger partial charge in [0.2, 0.25) is 5.88 Å². The van der Waals surface area contributed by atoms with Crippen molar-refractivity contribution in [2.45, 2.75) is 52.2 Å². The Kier molecular flexibility index (Phi) is 6.54. The SMILES string of the molecule is COc1cc2c(Oc3ccc4[nH]c(C)cc4c3)ncnc2cc1OC1CCN(C(=O)OC(C)(C)C)CC1. The maximum Gasteiger partial charge on any atom is 0.410 e. The van der Waals surface area contributed by atoms with Crippen LogP contribution in [0.25, 0.3) is 21.8 Å². The van der Waals surface area contributed by atoms with E-state index in [0.717, 1.165) is 22.0 Å². The number of H-pyrrole nitrogens is 1. The minimum atomic E-state index is -0.513. The fourth-order valence-electron chi connectivity index (χ4n) is 4.47. The van der Waals surface area contributed by atoms with Crippen LogP contribution in [0.3, 0.4) is 0 Å². The van der Waals surface area contributed by atoms with Gasteiger partial charge in [0.05, 0.1) is 18.0 Å². The molecule has 1 N–H and O–H groups in total. The van der Waals surface area contributed by atoms with Crippen LogP contribution in [0.2, 0.25) is 0 Å². The summed E-state index contributed by atoms with van der Waals surface area (Å²) in [5.41, 5.74) is 2.32. The summed E-state index contributed by atoms with van der Waals surface area (Å²) in [4.78, 5) is 26.2. The number of aromatic nitrogens is 3. The molecule has 5 rings (SSSR count). The molecule has 1 fully saturated rings. The quantitative estimate of drug-likeness (QED) is 0.356. The van der Waals surface area contributed by atoms with Crippen LogP contribution in [-0.2, 0) is 4.74 Å². The summed E-state index contributed by atoms with van der Waals surface area (Å²) in [5.74, 6) is 2.28. The maximum absolute atomic E-state index is 12.4. The largest absolute Gasteiger partial charge is 0.493 e. The summed E-state index contributed by atoms with van der Waals surface area (Å²) in [6.45, 7) is 8.77. The Labute approximate surface area is 215 Å². The smallest absolute Gasteiger partial charge is 0.410 e. The molecule has 0 bridgehead atoms. The lowest BCUT2D eigenvalue weighted by atomic mass is 10.1. The zero-order chi connectivity index (χ0) is 26.2. The summed E-state index contributed by atoms with van der Waals surface area (Å²) >= 11 is 0. The molecule has 4 aromatic rings. The second kappa shape index (κ2) is 9.80. The first kappa shape index (κ1) is 24.7. The van der Waals surface area contributed by atoms with E-state index in [-0.39, 0.29) is 12.2 Å². The highest BCUT2D eigenvalue weighted by atomic mass is 16.6. The maximum atomic E-state index is 12.4. The van der Waals surface area contributed by atoms with Gasteiger partial charge in [0.25, 0.3) is 0 Å². The lowest BCUT2D eigenvalue weighted by Crippen LogP contribution is -2.44. The molecule has 2 aromatic carbocycles. The molecule has 9 heteroatoms. The van der Waals surface area contributed by atoms with Crippen molar-refractivity contribution >= 4 is 27.9 Å². The summed E-state index contributed by atoms with van der Waals surface area (Å²) < 4.78 is 23.6. The normalized spacial score (nSPS) is 14.7. The van der Waals surface area contributed by atoms with E-state index in [9.17, 15) is 4.79 Å². The number of likely N-dealkylation sites (tertiary alicyclic amines) is 1. The molecule has 1 saturated heterocycles. The molecular formula is C28H32N4O5. The van der Waals surface area contributed by atoms with Gasteiger partial charge in [-0.2, -0.15) is 0 Å². The Hall–Kier alpha value is -4.01. The average Bonchev–Trinajstić information content (AvgIpc) is 3.22. The molecule has 194 valence electrons. The van der Waals surface area contributed by atoms with E-state index in [0.29, 0.717) is 54.6 Å². The zero-order valence-electron chi connectivity index (χ0n) is 21.8. The molecule has 0 radical (unpaired) electrons. The van der Waals surface area contributed by atoms with E-state index in [2.05, 4.69) is 21.0 Å². The van der Waals surface area contributed by atoms with E-state index >= 15 is 0 Å². The minimum absolute atomic E-state index is 0.0564. The van der Waals surface area contributed by atoms with E-state index < -0.39 is 5.60 Å². The van der Waals surface area contributed by atoms with E-state index in [1.54, 1.807) is 12.0 Å². The van der Waals surface area contributed by atoms with Gasteiger partial charge >= 0.3 is 6.09 Å². The van der Waals surface area contributed by atoms with E-state index in [1.807, 2.05) is 58.0 Å². The van der Waals surface area contributed by atoms with Crippen LogP contribution >= 0.6 is 0 Å². The third kappa shape index (κ3) is 5.55. The number of rotatable bonds is 5. The Morgan fingerprint density at radius 2 is 1.84 bits per heavy atom. The van der Waals surface area contributed by atoms with Crippen LogP contribution in [0, 0.1) is 6.92 Å². The highest BCUT2D eigenvalue weighted by Gasteiger charge is 2.28. The molecule has 0 atom stereocenters. The molecule has 0 unspecified atom stereocenters. The lowest BCUT2D eigenvalue weighted by molar-refractivity contribution is 0.0124. The zero-order valence-corrected chi connectivity index (χ0v) is 21.8. The van der Waals surface area contributed by atoms with Crippen LogP contribution < -0.4 is 14.2 Å². The number of benzene rings is 2. The van der Waals surface area contributed by atoms with Gasteiger partial charge in [0, 0.05) is 48.6 Å². The second-order valence-electron chi connectivity index (χ2n) is 10.3. The number of fused-ring (bicyclic) bond motifs is 2. The topological polar surface area (TPSA) is 98.8 Å². The highest BCUT2D eigenvalue weighted by Crippen LogP contribution is 2.37. The Balaban J connectivity index is 1.32. The van der Waals surface area contributed by atoms with Crippen LogP contribution in [0.4, 0.5) is 4.79 Å². The summed E-state index contributed by atoms with van der Waals surface area (Å²) in [6, 6.07) is 11.6. The number of hydrogen-bond acceptors (Lipinski definition) is 7. The molecular weight excluding hydrogens is 472 g/mol. The van der Waals surface area contributed by atoms with E-state index in [4.69, 9.17) is 18.9 Å². The van der Waals surface area contributed by atoms with Crippen LogP contribution in [0.5, 0.6) is 23.1 Å². The van der Waals surface area contributed by atoms with Crippen molar-refractivity contribution in [3.8, 4) is 23.1 Å². The molecule has 3 heterocycles. The number of nitrogens with zero attached hydrogens (tertiary/aromatic N) is 3. The van der Waals surface area contributed by atoms with Crippen molar-refractivity contribution < 1.29 is 23.7 Å². The van der Waals surface area contributed by atoms with Gasteiger partial charge in [-0.1, -0.05) is 0 Å². The van der Waals surface area contributed by atoms with Crippen LogP contribution in [-0.4, -0.2) is 57.8 Å². The molecule has 1 aliphatic heterocycles. The number of amides is 1. The standard InChI is InChI=1S/C28H32N4O5/c1-17-12-18-13-20(6-7-22(18)31-17)36-26-21-14-24(34-5)25(15-23(21)29-16-30-26)35-19-8-10-32(11-9-19)27(33)37-28(2,3)4/h6-7,12-16,19,31H,8-11H2,1-5H3. The van der Waals surface area contributed by atoms with Gasteiger partial charge in [0.15, 0.2) is 11.5 Å². The monoisotopic (exact) mass is 504 g/mol. The Morgan fingerprint density at radius 1 is 1.05 bits per heavy atom. The number of piperidine rings is 1. The number of ether oxygens (including phenoxy) is 4. The van der Waals surface area contributed by atoms with Gasteiger partial charge in [-0.3, -0.25) is 0 Å². The highest BCUT2D eigenvalue weighted by molar-refractivity contribution is 5.87. The molecule has 0 aliphatic carbocycles. The first-order valence-electron chi connectivity index (χ1n) is 12.4. The van der Waals surface area contributed by atoms with Crippen molar-refractivity contribution in [3.63, 3.8) is 0 Å². The number of hydrogen-bond donors (Lipinski definition) is 1. The molecule has 2 aromatic heterocycles. The third-order valence-corrected chi connectivity index (χ3v) is 6.21. The predicted molar refractivity (Wildman–Crippen MR) is 141 cm³/mol. The second-order valence-corrected chi connectivity index (χ2v) is 10.3. The summed E-state index contributed by atoms with van der Waals surface area (Å²) in [5, 5.41) is 1.79. The average molecular weight is 505 g/mol. The van der Waals surface area contributed by atoms with Crippen molar-refractivity contribution in [2.24, 2.45) is 0 Å². The number of nitrogens with one attached hydrogen (secondary N) is 1. The van der Waals surface area contributed by atoms with Crippen molar-refractivity contribution in [1.29, 1.82) is 0 Å². The van der Waals surface area contributed by atoms with Gasteiger partial charge in [-0.25, -0.2) is 14.8 Å². The first-order valence-corrected chi connectivity index (χ1v) is 12.4. The van der Waals surface area contributed by atoms with Crippen LogP contribution in [0.15, 0.2) is 42.7 Å². The molecule has 9 nitrogen and oxygen atoms in total. The van der Waals surface area contributed by atoms with E-state index in [1.165, 1.54) is 6.33 Å². The fourth-order valence-corrected chi connectivity index (χ4v) is 4.47. The number of carbonyl (C=O) groups is 1. The Bertz CT molecular complexity index is 1430. The van der Waals surface area contributed by atoms with Gasteiger partial charge in [0.1, 0.15) is 23.8 Å². The number of carbonyl (C=O) groups excluding carboxylic acids is 1. The number of aromatic amines is 1. The van der Waals surface area contributed by atoms with Crippen molar-refractivity contribution in [2.75, 3.05) is 20.2 Å². The fraction of sp³-hybridized carbons (Fsp3) is 0.393. The van der Waals surface area contributed by atoms with Gasteiger partial charge in [-0.15, -0.1) is 0 Å². The summed E-state index contributed by atoms with van der Waals surface area (Å²) in [6.07, 6.45) is 2.52. The number of aryl methyl sites for hydroxylation is 1. The van der Waals surface area contributed by atoms with Crippen molar-refractivity contribution in [3.05, 3.63) is 48.4 Å². The van der Waals surface area contributed by atoms with Gasteiger partial charge in [-0.05, 0) is 58.0 Å². The van der Waals surface area contributed by atoms with Gasteiger partial charge < -0.3 is 28.8 Å². The third-order valence-electron chi connectivity index (χ3n) is 6.21. The van der Waals surface area contributed by atoms with Crippen LogP contribution in [0.1, 0.15) is 39.3 Å². The van der Waals surface area contributed by atoms with Crippen molar-refractivity contribution in [1.82, 2.24) is 19.9 Å². The minimum Gasteiger partial charge on any atom is -0.493 e. The molecule has 0 spiro atoms. The molecule has 1 amide bonds. The molecule has 0 saturated carbocycles. The summed E-state index contributed by atoms with van der Waals surface area (Å²) in [7, 11) is 1.60. The first-order chi connectivity index (χ1) is 17.7. The molecule has 37 heavy (non-hydrogen) atoms. The lowest BCUT2D eigenvalue weighted by Gasteiger charge is -2.33.